The number of piperidine rings is 1. The van der Waals surface area contributed by atoms with Gasteiger partial charge in [-0.25, -0.2) is 4.39 Å². The highest BCUT2D eigenvalue weighted by Gasteiger charge is 2.46. The van der Waals surface area contributed by atoms with Crippen LogP contribution in [-0.2, 0) is 14.3 Å². The molecule has 2 atom stereocenters. The molecule has 0 radical (unpaired) electrons. The number of halogens is 1. The van der Waals surface area contributed by atoms with E-state index in [-0.39, 0.29) is 47.7 Å². The van der Waals surface area contributed by atoms with Crippen molar-refractivity contribution in [3.8, 4) is 0 Å². The van der Waals surface area contributed by atoms with E-state index in [1.807, 2.05) is 0 Å². The molecule has 0 aromatic heterocycles. The Hall–Kier alpha value is -2.81. The summed E-state index contributed by atoms with van der Waals surface area (Å²) in [4.78, 5) is 50.2. The monoisotopic (exact) mass is 403 g/mol. The van der Waals surface area contributed by atoms with Crippen LogP contribution in [0, 0.1) is 11.2 Å². The van der Waals surface area contributed by atoms with Gasteiger partial charge in [0.25, 0.3) is 11.8 Å². The zero-order chi connectivity index (χ0) is 20.9. The molecule has 4 rings (SSSR count). The summed E-state index contributed by atoms with van der Waals surface area (Å²) in [7, 11) is 0. The highest BCUT2D eigenvalue weighted by Crippen LogP contribution is 2.36. The SMILES string of the molecule is CC1(C)CCOC1CNc1c(F)ccc2c1C(=O)N(C1CCC(=O)NC1=O)C2=O. The summed E-state index contributed by atoms with van der Waals surface area (Å²) in [6.07, 6.45) is 0.773. The molecule has 0 saturated carbocycles. The molecule has 4 amide bonds. The van der Waals surface area contributed by atoms with Crippen LogP contribution < -0.4 is 10.6 Å². The molecule has 2 unspecified atom stereocenters. The lowest BCUT2D eigenvalue weighted by Crippen LogP contribution is -2.54. The lowest BCUT2D eigenvalue weighted by Gasteiger charge is -2.28. The van der Waals surface area contributed by atoms with E-state index in [1.54, 1.807) is 0 Å². The topological polar surface area (TPSA) is 105 Å². The van der Waals surface area contributed by atoms with Crippen molar-refractivity contribution in [3.63, 3.8) is 0 Å². The van der Waals surface area contributed by atoms with E-state index in [2.05, 4.69) is 24.5 Å². The maximum Gasteiger partial charge on any atom is 0.264 e. The molecule has 9 heteroatoms. The van der Waals surface area contributed by atoms with E-state index < -0.39 is 35.5 Å². The largest absolute Gasteiger partial charge is 0.379 e. The fourth-order valence-electron chi connectivity index (χ4n) is 4.09. The molecule has 29 heavy (non-hydrogen) atoms. The number of fused-ring (bicyclic) bond motifs is 1. The second-order valence-corrected chi connectivity index (χ2v) is 8.27. The maximum atomic E-state index is 14.6. The van der Waals surface area contributed by atoms with Crippen LogP contribution in [0.1, 0.15) is 53.8 Å². The first kappa shape index (κ1) is 19.5. The van der Waals surface area contributed by atoms with E-state index in [4.69, 9.17) is 4.74 Å². The van der Waals surface area contributed by atoms with Crippen molar-refractivity contribution in [2.45, 2.75) is 45.3 Å². The van der Waals surface area contributed by atoms with Crippen molar-refractivity contribution < 1.29 is 28.3 Å². The molecule has 2 fully saturated rings. The van der Waals surface area contributed by atoms with Crippen LogP contribution in [0.25, 0.3) is 0 Å². The second kappa shape index (κ2) is 6.91. The van der Waals surface area contributed by atoms with Gasteiger partial charge in [0.05, 0.1) is 22.9 Å². The van der Waals surface area contributed by atoms with Gasteiger partial charge in [-0.3, -0.25) is 29.4 Å². The van der Waals surface area contributed by atoms with E-state index in [0.717, 1.165) is 17.4 Å². The number of rotatable bonds is 4. The molecule has 2 saturated heterocycles. The van der Waals surface area contributed by atoms with Gasteiger partial charge in [0.2, 0.25) is 11.8 Å². The summed E-state index contributed by atoms with van der Waals surface area (Å²) in [5, 5.41) is 5.09. The first-order chi connectivity index (χ1) is 13.7. The van der Waals surface area contributed by atoms with Gasteiger partial charge in [0.1, 0.15) is 11.9 Å². The fourth-order valence-corrected chi connectivity index (χ4v) is 4.09. The lowest BCUT2D eigenvalue weighted by molar-refractivity contribution is -0.136. The number of ether oxygens (including phenoxy) is 1. The molecule has 8 nitrogen and oxygen atoms in total. The maximum absolute atomic E-state index is 14.6. The molecular weight excluding hydrogens is 381 g/mol. The van der Waals surface area contributed by atoms with Crippen LogP contribution in [0.2, 0.25) is 0 Å². The van der Waals surface area contributed by atoms with Crippen molar-refractivity contribution in [2.75, 3.05) is 18.5 Å². The minimum Gasteiger partial charge on any atom is -0.379 e. The molecular formula is C20H22FN3O5. The Balaban J connectivity index is 1.62. The van der Waals surface area contributed by atoms with E-state index in [1.165, 1.54) is 6.07 Å². The number of anilines is 1. The van der Waals surface area contributed by atoms with Crippen molar-refractivity contribution in [3.05, 3.63) is 29.1 Å². The van der Waals surface area contributed by atoms with E-state index in [9.17, 15) is 23.6 Å². The number of carbonyl (C=O) groups excluding carboxylic acids is 4. The third-order valence-corrected chi connectivity index (χ3v) is 5.96. The molecule has 2 N–H and O–H groups in total. The number of benzene rings is 1. The van der Waals surface area contributed by atoms with Gasteiger partial charge in [-0.15, -0.1) is 0 Å². The van der Waals surface area contributed by atoms with Gasteiger partial charge in [0.15, 0.2) is 0 Å². The number of hydrogen-bond donors (Lipinski definition) is 2. The normalized spacial score (nSPS) is 26.0. The highest BCUT2D eigenvalue weighted by molar-refractivity contribution is 6.25. The van der Waals surface area contributed by atoms with Crippen molar-refractivity contribution in [1.82, 2.24) is 10.2 Å². The quantitative estimate of drug-likeness (QED) is 0.738. The predicted octanol–water partition coefficient (Wildman–Crippen LogP) is 1.45. The first-order valence-corrected chi connectivity index (χ1v) is 9.60. The summed E-state index contributed by atoms with van der Waals surface area (Å²) < 4.78 is 20.3. The Labute approximate surface area is 166 Å². The van der Waals surface area contributed by atoms with Gasteiger partial charge in [0, 0.05) is 19.6 Å². The zero-order valence-corrected chi connectivity index (χ0v) is 16.2. The Bertz CT molecular complexity index is 929. The Morgan fingerprint density at radius 1 is 1.24 bits per heavy atom. The average Bonchev–Trinajstić information content (AvgIpc) is 3.11. The van der Waals surface area contributed by atoms with Gasteiger partial charge in [-0.2, -0.15) is 0 Å². The summed E-state index contributed by atoms with van der Waals surface area (Å²) in [5.41, 5.74) is -0.215. The van der Waals surface area contributed by atoms with Crippen LogP contribution in [0.5, 0.6) is 0 Å². The van der Waals surface area contributed by atoms with Crippen LogP contribution in [0.15, 0.2) is 12.1 Å². The van der Waals surface area contributed by atoms with Gasteiger partial charge >= 0.3 is 0 Å². The average molecular weight is 403 g/mol. The summed E-state index contributed by atoms with van der Waals surface area (Å²) >= 11 is 0. The Morgan fingerprint density at radius 3 is 2.66 bits per heavy atom. The van der Waals surface area contributed by atoms with Gasteiger partial charge in [-0.1, -0.05) is 13.8 Å². The highest BCUT2D eigenvalue weighted by atomic mass is 19.1. The van der Waals surface area contributed by atoms with Crippen LogP contribution in [0.3, 0.4) is 0 Å². The third kappa shape index (κ3) is 3.19. The third-order valence-electron chi connectivity index (χ3n) is 5.96. The Kier molecular flexibility index (Phi) is 4.65. The van der Waals surface area contributed by atoms with E-state index >= 15 is 0 Å². The first-order valence-electron chi connectivity index (χ1n) is 9.60. The van der Waals surface area contributed by atoms with Crippen molar-refractivity contribution >= 4 is 29.3 Å². The molecule has 3 aliphatic heterocycles. The molecule has 3 heterocycles. The van der Waals surface area contributed by atoms with Crippen molar-refractivity contribution in [2.24, 2.45) is 5.41 Å². The molecule has 0 bridgehead atoms. The number of amides is 4. The predicted molar refractivity (Wildman–Crippen MR) is 99.7 cm³/mol. The zero-order valence-electron chi connectivity index (χ0n) is 16.2. The number of nitrogens with one attached hydrogen (secondary N) is 2. The van der Waals surface area contributed by atoms with Crippen LogP contribution in [0.4, 0.5) is 10.1 Å². The van der Waals surface area contributed by atoms with Crippen LogP contribution in [-0.4, -0.2) is 53.8 Å². The summed E-state index contributed by atoms with van der Waals surface area (Å²) in [6.45, 7) is 4.99. The van der Waals surface area contributed by atoms with Gasteiger partial charge < -0.3 is 10.1 Å². The molecule has 154 valence electrons. The van der Waals surface area contributed by atoms with E-state index in [0.29, 0.717) is 6.61 Å². The fraction of sp³-hybridized carbons (Fsp3) is 0.500. The summed E-state index contributed by atoms with van der Waals surface area (Å²) in [5.74, 6) is -3.22. The standard InChI is InChI=1S/C20H22FN3O5/c1-20(2)7-8-29-13(20)9-22-16-11(21)4-3-10-15(16)19(28)24(18(10)27)12-5-6-14(25)23-17(12)26/h3-4,12-13,22H,5-9H2,1-2H3,(H,23,25,26). The Morgan fingerprint density at radius 2 is 2.00 bits per heavy atom. The smallest absolute Gasteiger partial charge is 0.264 e. The minimum atomic E-state index is -1.09. The number of hydrogen-bond acceptors (Lipinski definition) is 6. The molecule has 1 aromatic carbocycles. The number of nitrogens with zero attached hydrogens (tertiary/aromatic N) is 1. The molecule has 1 aromatic rings. The molecule has 3 aliphatic rings. The second-order valence-electron chi connectivity index (χ2n) is 8.27. The van der Waals surface area contributed by atoms with Gasteiger partial charge in [-0.05, 0) is 30.4 Å². The number of imide groups is 2. The van der Waals surface area contributed by atoms with Crippen LogP contribution >= 0.6 is 0 Å². The number of carbonyl (C=O) groups is 4. The summed E-state index contributed by atoms with van der Waals surface area (Å²) in [6, 6.07) is 1.28. The van der Waals surface area contributed by atoms with Crippen molar-refractivity contribution in [1.29, 1.82) is 0 Å². The lowest BCUT2D eigenvalue weighted by atomic mass is 9.85. The minimum absolute atomic E-state index is 0.0252. The molecule has 0 aliphatic carbocycles. The molecule has 0 spiro atoms.